The monoisotopic (exact) mass is 615 g/mol. The lowest BCUT2D eigenvalue weighted by Crippen LogP contribution is -2.43. The second kappa shape index (κ2) is 13.5. The predicted octanol–water partition coefficient (Wildman–Crippen LogP) is 5.20. The third kappa shape index (κ3) is 8.17. The minimum atomic E-state index is -4.81. The Balaban J connectivity index is 1.31. The van der Waals surface area contributed by atoms with Crippen molar-refractivity contribution in [2.75, 3.05) is 13.2 Å². The Hall–Kier alpha value is -2.75. The topological polar surface area (TPSA) is 92.5 Å². The zero-order chi connectivity index (χ0) is 29.6. The average molecular weight is 616 g/mol. The summed E-state index contributed by atoms with van der Waals surface area (Å²) in [5.41, 5.74) is -6.01. The number of aliphatic hydroxyl groups is 1. The van der Waals surface area contributed by atoms with Crippen LogP contribution in [0.4, 0.5) is 22.0 Å². The number of thioether (sulfide) groups is 1. The number of hydrogen-bond acceptors (Lipinski definition) is 7. The van der Waals surface area contributed by atoms with Crippen LogP contribution in [0.15, 0.2) is 78.2 Å². The van der Waals surface area contributed by atoms with E-state index < -0.39 is 45.5 Å². The molecule has 2 heterocycles. The smallest absolute Gasteiger partial charge is 0.578 e. The normalized spacial score (nSPS) is 21.3. The number of nitrogens with zero attached hydrogens (tertiary/aromatic N) is 3. The summed E-state index contributed by atoms with van der Waals surface area (Å²) in [5.74, 6) is -1.63. The molecule has 0 radical (unpaired) electrons. The van der Waals surface area contributed by atoms with Gasteiger partial charge in [0.1, 0.15) is 29.9 Å². The van der Waals surface area contributed by atoms with E-state index in [0.29, 0.717) is 5.56 Å². The third-order valence-electron chi connectivity index (χ3n) is 6.20. The molecule has 1 aromatic heterocycles. The fourth-order valence-corrected chi connectivity index (χ4v) is 6.05. The summed E-state index contributed by atoms with van der Waals surface area (Å²) >= 11 is -1.74. The van der Waals surface area contributed by atoms with E-state index in [1.54, 1.807) is 31.2 Å². The number of benzene rings is 2. The van der Waals surface area contributed by atoms with Crippen LogP contribution in [-0.4, -0.2) is 59.9 Å². The van der Waals surface area contributed by atoms with Gasteiger partial charge in [0.25, 0.3) is 0 Å². The van der Waals surface area contributed by atoms with Gasteiger partial charge in [-0.1, -0.05) is 31.2 Å². The van der Waals surface area contributed by atoms with Gasteiger partial charge in [0.15, 0.2) is 11.2 Å². The van der Waals surface area contributed by atoms with Crippen LogP contribution < -0.4 is 0 Å². The highest BCUT2D eigenvalue weighted by Crippen LogP contribution is 2.38. The average Bonchev–Trinajstić information content (AvgIpc) is 3.44. The van der Waals surface area contributed by atoms with Crippen molar-refractivity contribution in [1.82, 2.24) is 14.8 Å². The maximum Gasteiger partial charge on any atom is 0.578 e. The standard InChI is InChI=1S/C27H26F5N3O4S2/c1-18(26(36,15-35-17-33-16-34-35)23-11-8-20(28)12-24(23)29)40-21-13-38-25(39-14-21)5-3-2-4-19-6-9-22(10-7-19)41(37)27(30,31)32/h2-12,16-18,21,25,36H,13-15H2,1H3/b4-2+,5-3+/t18-,21-,25-,26-,41?/m1/s1. The summed E-state index contributed by atoms with van der Waals surface area (Å²) in [7, 11) is 0. The molecule has 0 spiro atoms. The van der Waals surface area contributed by atoms with Gasteiger partial charge in [0, 0.05) is 16.9 Å². The lowest BCUT2D eigenvalue weighted by Gasteiger charge is -2.37. The Morgan fingerprint density at radius 1 is 1.15 bits per heavy atom. The predicted molar refractivity (Wildman–Crippen MR) is 144 cm³/mol. The highest BCUT2D eigenvalue weighted by Gasteiger charge is 2.46. The fraction of sp³-hybridized carbons (Fsp3) is 0.333. The van der Waals surface area contributed by atoms with Crippen LogP contribution in [-0.2, 0) is 32.8 Å². The number of alkyl halides is 3. The molecule has 1 N–H and O–H groups in total. The molecule has 220 valence electrons. The highest BCUT2D eigenvalue weighted by atomic mass is 32.2. The number of rotatable bonds is 10. The van der Waals surface area contributed by atoms with Crippen LogP contribution >= 0.6 is 11.8 Å². The van der Waals surface area contributed by atoms with Gasteiger partial charge in [-0.3, -0.25) is 0 Å². The zero-order valence-corrected chi connectivity index (χ0v) is 23.2. The van der Waals surface area contributed by atoms with Gasteiger partial charge < -0.3 is 19.1 Å². The zero-order valence-electron chi connectivity index (χ0n) is 21.6. The number of ether oxygens (including phenoxy) is 2. The first kappa shape index (κ1) is 31.2. The Kier molecular flexibility index (Phi) is 10.3. The fourth-order valence-electron chi connectivity index (χ4n) is 4.08. The van der Waals surface area contributed by atoms with Gasteiger partial charge in [0.2, 0.25) is 0 Å². The molecule has 1 unspecified atom stereocenters. The molecule has 1 aliphatic heterocycles. The second-order valence-electron chi connectivity index (χ2n) is 9.10. The Morgan fingerprint density at radius 3 is 2.46 bits per heavy atom. The van der Waals surface area contributed by atoms with E-state index in [0.717, 1.165) is 24.3 Å². The van der Waals surface area contributed by atoms with Crippen molar-refractivity contribution in [3.8, 4) is 0 Å². The van der Waals surface area contributed by atoms with Crippen molar-refractivity contribution in [2.24, 2.45) is 0 Å². The van der Waals surface area contributed by atoms with E-state index in [1.165, 1.54) is 47.3 Å². The third-order valence-corrected chi connectivity index (χ3v) is 8.78. The number of aromatic nitrogens is 3. The van der Waals surface area contributed by atoms with Crippen LogP contribution in [0, 0.1) is 11.6 Å². The Labute approximate surface area is 240 Å². The minimum Gasteiger partial charge on any atom is -0.604 e. The first-order valence-electron chi connectivity index (χ1n) is 12.3. The Bertz CT molecular complexity index is 1330. The molecule has 1 saturated heterocycles. The molecule has 14 heteroatoms. The van der Waals surface area contributed by atoms with Gasteiger partial charge >= 0.3 is 5.51 Å². The van der Waals surface area contributed by atoms with Gasteiger partial charge in [-0.15, -0.1) is 24.9 Å². The van der Waals surface area contributed by atoms with Crippen molar-refractivity contribution >= 4 is 29.0 Å². The SMILES string of the molecule is C[C@@H](S[C@H]1CO[C@H](/C=C/C=C/c2ccc([S+]([O-])C(F)(F)F)cc2)OC1)[C@](O)(Cn1cncn1)c1ccc(F)cc1F. The first-order chi connectivity index (χ1) is 19.5. The molecular weight excluding hydrogens is 589 g/mol. The van der Waals surface area contributed by atoms with E-state index in [2.05, 4.69) is 10.1 Å². The van der Waals surface area contributed by atoms with Crippen molar-refractivity contribution in [1.29, 1.82) is 0 Å². The largest absolute Gasteiger partial charge is 0.604 e. The van der Waals surface area contributed by atoms with E-state index in [4.69, 9.17) is 9.47 Å². The van der Waals surface area contributed by atoms with Crippen LogP contribution in [0.3, 0.4) is 0 Å². The molecule has 4 rings (SSSR count). The lowest BCUT2D eigenvalue weighted by molar-refractivity contribution is -0.146. The lowest BCUT2D eigenvalue weighted by atomic mass is 9.90. The summed E-state index contributed by atoms with van der Waals surface area (Å²) in [6.07, 6.45) is 8.68. The van der Waals surface area contributed by atoms with Crippen LogP contribution in [0.5, 0.6) is 0 Å². The van der Waals surface area contributed by atoms with E-state index in [-0.39, 0.29) is 35.5 Å². The van der Waals surface area contributed by atoms with E-state index in [9.17, 15) is 31.6 Å². The molecule has 3 aromatic rings. The van der Waals surface area contributed by atoms with Gasteiger partial charge in [0.05, 0.1) is 36.2 Å². The van der Waals surface area contributed by atoms with E-state index >= 15 is 0 Å². The summed E-state index contributed by atoms with van der Waals surface area (Å²) < 4.78 is 90.3. The van der Waals surface area contributed by atoms with Crippen molar-refractivity contribution < 1.29 is 41.1 Å². The highest BCUT2D eigenvalue weighted by molar-refractivity contribution is 8.00. The molecule has 0 amide bonds. The maximum absolute atomic E-state index is 14.7. The molecule has 41 heavy (non-hydrogen) atoms. The summed E-state index contributed by atoms with van der Waals surface area (Å²) in [5, 5.41) is 14.9. The summed E-state index contributed by atoms with van der Waals surface area (Å²) in [6.45, 7) is 2.17. The van der Waals surface area contributed by atoms with Gasteiger partial charge in [-0.2, -0.15) is 5.10 Å². The molecule has 0 bridgehead atoms. The molecule has 2 aromatic carbocycles. The van der Waals surface area contributed by atoms with E-state index in [1.807, 2.05) is 0 Å². The second-order valence-corrected chi connectivity index (χ2v) is 12.2. The quantitative estimate of drug-likeness (QED) is 0.190. The molecule has 1 aliphatic rings. The van der Waals surface area contributed by atoms with Crippen molar-refractivity contribution in [3.63, 3.8) is 0 Å². The summed E-state index contributed by atoms with van der Waals surface area (Å²) in [4.78, 5) is 3.54. The first-order valence-corrected chi connectivity index (χ1v) is 14.4. The number of halogens is 5. The minimum absolute atomic E-state index is 0.0668. The van der Waals surface area contributed by atoms with Crippen LogP contribution in [0.2, 0.25) is 0 Å². The summed E-state index contributed by atoms with van der Waals surface area (Å²) in [6, 6.07) is 8.23. The maximum atomic E-state index is 14.7. The van der Waals surface area contributed by atoms with Crippen LogP contribution in [0.25, 0.3) is 6.08 Å². The van der Waals surface area contributed by atoms with Crippen LogP contribution in [0.1, 0.15) is 18.1 Å². The van der Waals surface area contributed by atoms with Gasteiger partial charge in [-0.05, 0) is 42.0 Å². The van der Waals surface area contributed by atoms with Gasteiger partial charge in [-0.25, -0.2) is 18.4 Å². The molecule has 3 atom stereocenters. The molecular formula is C27H26F5N3O4S2. The number of allylic oxidation sites excluding steroid dienone is 2. The molecule has 1 fully saturated rings. The van der Waals surface area contributed by atoms with Crippen molar-refractivity contribution in [3.05, 3.63) is 96.1 Å². The molecule has 7 nitrogen and oxygen atoms in total. The molecule has 0 saturated carbocycles. The number of hydrogen-bond donors (Lipinski definition) is 1. The molecule has 0 aliphatic carbocycles. The van der Waals surface area contributed by atoms with Crippen molar-refractivity contribution in [2.45, 2.75) is 46.3 Å². The Morgan fingerprint density at radius 2 is 1.85 bits per heavy atom.